The van der Waals surface area contributed by atoms with Crippen molar-refractivity contribution in [2.75, 3.05) is 0 Å². The molecule has 3 N–H and O–H groups in total. The normalized spacial score (nSPS) is 24.3. The van der Waals surface area contributed by atoms with Crippen LogP contribution in [-0.2, 0) is 10.0 Å². The number of sulfonamides is 1. The summed E-state index contributed by atoms with van der Waals surface area (Å²) in [6.07, 6.45) is 0.265. The summed E-state index contributed by atoms with van der Waals surface area (Å²) >= 11 is 0.870. The molecular formula is C9H11NO5S2. The van der Waals surface area contributed by atoms with E-state index < -0.39 is 22.1 Å². The van der Waals surface area contributed by atoms with Gasteiger partial charge in [-0.05, 0) is 24.3 Å². The van der Waals surface area contributed by atoms with Gasteiger partial charge in [0.15, 0.2) is 0 Å². The Balaban J connectivity index is 2.20. The van der Waals surface area contributed by atoms with Gasteiger partial charge in [0.2, 0.25) is 10.0 Å². The van der Waals surface area contributed by atoms with Gasteiger partial charge in [0.25, 0.3) is 0 Å². The Morgan fingerprint density at radius 1 is 1.47 bits per heavy atom. The van der Waals surface area contributed by atoms with Gasteiger partial charge in [-0.1, -0.05) is 0 Å². The molecule has 17 heavy (non-hydrogen) atoms. The first kappa shape index (κ1) is 12.5. The number of nitrogens with one attached hydrogen (secondary N) is 1. The number of hydrogen-bond acceptors (Lipinski definition) is 5. The van der Waals surface area contributed by atoms with Crippen molar-refractivity contribution < 1.29 is 23.4 Å². The molecule has 94 valence electrons. The highest BCUT2D eigenvalue weighted by Gasteiger charge is 2.33. The molecule has 2 rings (SSSR count). The van der Waals surface area contributed by atoms with E-state index in [-0.39, 0.29) is 15.8 Å². The van der Waals surface area contributed by atoms with Crippen LogP contribution >= 0.6 is 11.3 Å². The monoisotopic (exact) mass is 277 g/mol. The number of aliphatic hydroxyl groups excluding tert-OH is 1. The minimum atomic E-state index is -3.81. The number of carboxylic acid groups (broad SMARTS) is 1. The van der Waals surface area contributed by atoms with Gasteiger partial charge in [-0.3, -0.25) is 0 Å². The third kappa shape index (κ3) is 2.49. The zero-order valence-electron chi connectivity index (χ0n) is 8.66. The van der Waals surface area contributed by atoms with Gasteiger partial charge in [0.05, 0.1) is 6.10 Å². The lowest BCUT2D eigenvalue weighted by Gasteiger charge is -2.31. The molecule has 8 heteroatoms. The van der Waals surface area contributed by atoms with Crippen LogP contribution in [0, 0.1) is 0 Å². The van der Waals surface area contributed by atoms with E-state index in [2.05, 4.69) is 4.72 Å². The van der Waals surface area contributed by atoms with Crippen molar-refractivity contribution in [2.24, 2.45) is 0 Å². The SMILES string of the molecule is O=C(O)c1sccc1S(=O)(=O)NC1CC(O)C1. The highest BCUT2D eigenvalue weighted by atomic mass is 32.2. The van der Waals surface area contributed by atoms with Crippen molar-refractivity contribution >= 4 is 27.3 Å². The van der Waals surface area contributed by atoms with Gasteiger partial charge >= 0.3 is 5.97 Å². The fourth-order valence-corrected chi connectivity index (χ4v) is 4.15. The van der Waals surface area contributed by atoms with Gasteiger partial charge in [-0.25, -0.2) is 17.9 Å². The molecule has 0 radical (unpaired) electrons. The third-order valence-electron chi connectivity index (χ3n) is 2.55. The number of rotatable bonds is 4. The topological polar surface area (TPSA) is 104 Å². The van der Waals surface area contributed by atoms with Crippen molar-refractivity contribution in [2.45, 2.75) is 29.9 Å². The molecule has 1 fully saturated rings. The molecule has 0 amide bonds. The Bertz CT molecular complexity index is 529. The number of carboxylic acids is 1. The summed E-state index contributed by atoms with van der Waals surface area (Å²) in [6.45, 7) is 0. The lowest BCUT2D eigenvalue weighted by Crippen LogP contribution is -2.46. The number of thiophene rings is 1. The lowest BCUT2D eigenvalue weighted by atomic mass is 9.91. The molecule has 1 aliphatic carbocycles. The fraction of sp³-hybridized carbons (Fsp3) is 0.444. The maximum absolute atomic E-state index is 11.9. The molecule has 0 unspecified atom stereocenters. The number of aromatic carboxylic acids is 1. The molecule has 0 bridgehead atoms. The van der Waals surface area contributed by atoms with Crippen LogP contribution in [0.4, 0.5) is 0 Å². The predicted molar refractivity (Wildman–Crippen MR) is 60.6 cm³/mol. The van der Waals surface area contributed by atoms with Crippen molar-refractivity contribution in [1.29, 1.82) is 0 Å². The van der Waals surface area contributed by atoms with Crippen molar-refractivity contribution in [1.82, 2.24) is 4.72 Å². The number of aliphatic hydroxyl groups is 1. The van der Waals surface area contributed by atoms with Gasteiger partial charge in [-0.15, -0.1) is 11.3 Å². The van der Waals surface area contributed by atoms with Crippen molar-refractivity contribution in [3.8, 4) is 0 Å². The van der Waals surface area contributed by atoms with E-state index in [1.165, 1.54) is 11.4 Å². The summed E-state index contributed by atoms with van der Waals surface area (Å²) in [6, 6.07) is 0.961. The van der Waals surface area contributed by atoms with E-state index in [0.29, 0.717) is 12.8 Å². The lowest BCUT2D eigenvalue weighted by molar-refractivity contribution is 0.0690. The quantitative estimate of drug-likeness (QED) is 0.732. The molecule has 6 nitrogen and oxygen atoms in total. The Morgan fingerprint density at radius 3 is 2.65 bits per heavy atom. The molecule has 1 aromatic heterocycles. The first-order valence-corrected chi connectivity index (χ1v) is 7.27. The van der Waals surface area contributed by atoms with E-state index >= 15 is 0 Å². The van der Waals surface area contributed by atoms with Gasteiger partial charge in [0, 0.05) is 6.04 Å². The smallest absolute Gasteiger partial charge is 0.347 e. The third-order valence-corrected chi connectivity index (χ3v) is 5.14. The number of carbonyl (C=O) groups is 1. The minimum absolute atomic E-state index is 0.197. The van der Waals surface area contributed by atoms with Crippen LogP contribution in [-0.4, -0.2) is 36.7 Å². The Hall–Kier alpha value is -0.960. The molecule has 0 atom stereocenters. The summed E-state index contributed by atoms with van der Waals surface area (Å²) in [5.74, 6) is -1.26. The highest BCUT2D eigenvalue weighted by Crippen LogP contribution is 2.25. The van der Waals surface area contributed by atoms with E-state index in [1.807, 2.05) is 0 Å². The van der Waals surface area contributed by atoms with Crippen LogP contribution in [0.1, 0.15) is 22.5 Å². The van der Waals surface area contributed by atoms with E-state index in [1.54, 1.807) is 0 Å². The zero-order chi connectivity index (χ0) is 12.6. The van der Waals surface area contributed by atoms with Gasteiger partial charge < -0.3 is 10.2 Å². The van der Waals surface area contributed by atoms with Crippen LogP contribution < -0.4 is 4.72 Å². The first-order chi connectivity index (χ1) is 7.90. The van der Waals surface area contributed by atoms with E-state index in [9.17, 15) is 13.2 Å². The zero-order valence-corrected chi connectivity index (χ0v) is 10.3. The van der Waals surface area contributed by atoms with Crippen LogP contribution in [0.25, 0.3) is 0 Å². The first-order valence-electron chi connectivity index (χ1n) is 4.91. The maximum Gasteiger partial charge on any atom is 0.347 e. The molecule has 0 saturated heterocycles. The standard InChI is InChI=1S/C9H11NO5S2/c11-6-3-5(4-6)10-17(14,15)7-1-2-16-8(7)9(12)13/h1-2,5-6,10-11H,3-4H2,(H,12,13). The van der Waals surface area contributed by atoms with E-state index in [4.69, 9.17) is 10.2 Å². The summed E-state index contributed by atoms with van der Waals surface area (Å²) in [5.41, 5.74) is 0. The van der Waals surface area contributed by atoms with Crippen LogP contribution in [0.15, 0.2) is 16.3 Å². The Morgan fingerprint density at radius 2 is 2.12 bits per heavy atom. The minimum Gasteiger partial charge on any atom is -0.477 e. The molecular weight excluding hydrogens is 266 g/mol. The van der Waals surface area contributed by atoms with Crippen molar-refractivity contribution in [3.63, 3.8) is 0 Å². The summed E-state index contributed by atoms with van der Waals surface area (Å²) in [4.78, 5) is 10.4. The second-order valence-electron chi connectivity index (χ2n) is 3.86. The average molecular weight is 277 g/mol. The van der Waals surface area contributed by atoms with Crippen LogP contribution in [0.5, 0.6) is 0 Å². The second-order valence-corrected chi connectivity index (χ2v) is 6.46. The number of hydrogen-bond donors (Lipinski definition) is 3. The second kappa shape index (κ2) is 4.37. The van der Waals surface area contributed by atoms with Crippen LogP contribution in [0.2, 0.25) is 0 Å². The molecule has 0 aromatic carbocycles. The summed E-state index contributed by atoms with van der Waals surface area (Å²) < 4.78 is 26.1. The molecule has 0 spiro atoms. The highest BCUT2D eigenvalue weighted by molar-refractivity contribution is 7.89. The summed E-state index contributed by atoms with van der Waals surface area (Å²) in [7, 11) is -3.81. The van der Waals surface area contributed by atoms with Gasteiger partial charge in [0.1, 0.15) is 9.77 Å². The van der Waals surface area contributed by atoms with Crippen LogP contribution in [0.3, 0.4) is 0 Å². The summed E-state index contributed by atoms with van der Waals surface area (Å²) in [5, 5.41) is 19.3. The predicted octanol–water partition coefficient (Wildman–Crippen LogP) is 0.248. The molecule has 1 aliphatic rings. The average Bonchev–Trinajstić information content (AvgIpc) is 2.63. The van der Waals surface area contributed by atoms with Crippen molar-refractivity contribution in [3.05, 3.63) is 16.3 Å². The molecule has 1 heterocycles. The van der Waals surface area contributed by atoms with Gasteiger partial charge in [-0.2, -0.15) is 0 Å². The largest absolute Gasteiger partial charge is 0.477 e. The maximum atomic E-state index is 11.9. The molecule has 0 aliphatic heterocycles. The molecule has 1 aromatic rings. The Kier molecular flexibility index (Phi) is 3.21. The fourth-order valence-electron chi connectivity index (χ4n) is 1.63. The molecule has 1 saturated carbocycles. The van der Waals surface area contributed by atoms with E-state index in [0.717, 1.165) is 11.3 Å². The Labute approximate surface area is 102 Å².